The highest BCUT2D eigenvalue weighted by atomic mass is 16.5. The van der Waals surface area contributed by atoms with Crippen LogP contribution < -0.4 is 14.2 Å². The third kappa shape index (κ3) is 3.59. The molecule has 0 radical (unpaired) electrons. The highest BCUT2D eigenvalue weighted by Gasteiger charge is 2.18. The third-order valence-corrected chi connectivity index (χ3v) is 3.32. The van der Waals surface area contributed by atoms with Crippen LogP contribution in [0.1, 0.15) is 17.2 Å². The van der Waals surface area contributed by atoms with Crippen LogP contribution in [0, 0.1) is 0 Å². The molecule has 0 bridgehead atoms. The van der Waals surface area contributed by atoms with Crippen molar-refractivity contribution in [1.29, 1.82) is 0 Å². The summed E-state index contributed by atoms with van der Waals surface area (Å²) < 4.78 is 15.9. The summed E-state index contributed by atoms with van der Waals surface area (Å²) in [6, 6.07) is 13.2. The molecular formula is C18H20O4. The number of ether oxygens (including phenoxy) is 3. The number of rotatable bonds is 6. The minimum atomic E-state index is -0.851. The van der Waals surface area contributed by atoms with Crippen molar-refractivity contribution in [1.82, 2.24) is 0 Å². The lowest BCUT2D eigenvalue weighted by atomic mass is 10.0. The number of aliphatic hydroxyl groups is 1. The van der Waals surface area contributed by atoms with Crippen LogP contribution in [-0.2, 0) is 0 Å². The van der Waals surface area contributed by atoms with E-state index in [1.165, 1.54) is 0 Å². The van der Waals surface area contributed by atoms with E-state index in [1.807, 2.05) is 36.4 Å². The first-order valence-electron chi connectivity index (χ1n) is 6.90. The first-order valence-corrected chi connectivity index (χ1v) is 6.90. The van der Waals surface area contributed by atoms with Crippen molar-refractivity contribution < 1.29 is 19.3 Å². The van der Waals surface area contributed by atoms with Gasteiger partial charge in [0, 0.05) is 12.1 Å². The van der Waals surface area contributed by atoms with Crippen molar-refractivity contribution in [3.8, 4) is 17.2 Å². The minimum Gasteiger partial charge on any atom is -0.496 e. The maximum atomic E-state index is 10.5. The van der Waals surface area contributed by atoms with Crippen LogP contribution in [0.3, 0.4) is 0 Å². The van der Waals surface area contributed by atoms with Gasteiger partial charge in [-0.1, -0.05) is 42.5 Å². The first kappa shape index (κ1) is 15.9. The second-order valence-electron chi connectivity index (χ2n) is 4.66. The standard InChI is InChI=1S/C18H20O4/c1-20-14-11-16(21-2)18(17(12-14)22-3)15(19)10-9-13-7-5-4-6-8-13/h4-12,15,19H,1-3H3/b10-9+/t15-/m1/s1. The number of aliphatic hydroxyl groups excluding tert-OH is 1. The Morgan fingerprint density at radius 1 is 0.909 bits per heavy atom. The van der Waals surface area contributed by atoms with Crippen LogP contribution in [-0.4, -0.2) is 26.4 Å². The van der Waals surface area contributed by atoms with Crippen molar-refractivity contribution in [2.45, 2.75) is 6.10 Å². The normalized spacial score (nSPS) is 12.2. The van der Waals surface area contributed by atoms with Gasteiger partial charge in [0.05, 0.1) is 26.9 Å². The van der Waals surface area contributed by atoms with Gasteiger partial charge in [-0.05, 0) is 5.56 Å². The van der Waals surface area contributed by atoms with E-state index in [-0.39, 0.29) is 0 Å². The van der Waals surface area contributed by atoms with Crippen molar-refractivity contribution >= 4 is 6.08 Å². The maximum absolute atomic E-state index is 10.5. The Labute approximate surface area is 130 Å². The van der Waals surface area contributed by atoms with Gasteiger partial charge in [-0.2, -0.15) is 0 Å². The fourth-order valence-corrected chi connectivity index (χ4v) is 2.19. The summed E-state index contributed by atoms with van der Waals surface area (Å²) in [6.45, 7) is 0. The van der Waals surface area contributed by atoms with Crippen molar-refractivity contribution in [2.24, 2.45) is 0 Å². The Balaban J connectivity index is 2.35. The summed E-state index contributed by atoms with van der Waals surface area (Å²) in [5, 5.41) is 10.5. The zero-order valence-corrected chi connectivity index (χ0v) is 12.9. The number of hydrogen-bond donors (Lipinski definition) is 1. The van der Waals surface area contributed by atoms with Gasteiger partial charge in [0.2, 0.25) is 0 Å². The molecule has 4 nitrogen and oxygen atoms in total. The topological polar surface area (TPSA) is 47.9 Å². The summed E-state index contributed by atoms with van der Waals surface area (Å²) in [5.41, 5.74) is 1.57. The molecule has 0 heterocycles. The molecule has 0 saturated heterocycles. The average molecular weight is 300 g/mol. The molecule has 116 valence electrons. The van der Waals surface area contributed by atoms with Crippen LogP contribution in [0.15, 0.2) is 48.5 Å². The molecule has 0 fully saturated rings. The molecule has 0 saturated carbocycles. The summed E-state index contributed by atoms with van der Waals surface area (Å²) in [4.78, 5) is 0. The highest BCUT2D eigenvalue weighted by Crippen LogP contribution is 2.38. The summed E-state index contributed by atoms with van der Waals surface area (Å²) in [6.07, 6.45) is 2.70. The Morgan fingerprint density at radius 2 is 1.50 bits per heavy atom. The van der Waals surface area contributed by atoms with Gasteiger partial charge in [0.25, 0.3) is 0 Å². The Morgan fingerprint density at radius 3 is 2.00 bits per heavy atom. The largest absolute Gasteiger partial charge is 0.496 e. The molecule has 2 aromatic rings. The molecule has 0 aliphatic carbocycles. The van der Waals surface area contributed by atoms with Gasteiger partial charge in [-0.15, -0.1) is 0 Å². The predicted octanol–water partition coefficient (Wildman–Crippen LogP) is 3.46. The van der Waals surface area contributed by atoms with E-state index in [9.17, 15) is 5.11 Å². The highest BCUT2D eigenvalue weighted by molar-refractivity contribution is 5.56. The van der Waals surface area contributed by atoms with E-state index in [1.54, 1.807) is 39.5 Å². The fraction of sp³-hybridized carbons (Fsp3) is 0.222. The molecule has 0 unspecified atom stereocenters. The maximum Gasteiger partial charge on any atom is 0.132 e. The smallest absolute Gasteiger partial charge is 0.132 e. The van der Waals surface area contributed by atoms with Gasteiger partial charge in [0.1, 0.15) is 23.4 Å². The molecule has 0 aromatic heterocycles. The van der Waals surface area contributed by atoms with Gasteiger partial charge in [-0.25, -0.2) is 0 Å². The third-order valence-electron chi connectivity index (χ3n) is 3.32. The van der Waals surface area contributed by atoms with E-state index < -0.39 is 6.10 Å². The van der Waals surface area contributed by atoms with Crippen LogP contribution in [0.25, 0.3) is 6.08 Å². The number of hydrogen-bond acceptors (Lipinski definition) is 4. The van der Waals surface area contributed by atoms with E-state index in [4.69, 9.17) is 14.2 Å². The Bertz CT molecular complexity index is 610. The first-order chi connectivity index (χ1) is 10.7. The predicted molar refractivity (Wildman–Crippen MR) is 86.5 cm³/mol. The van der Waals surface area contributed by atoms with Crippen molar-refractivity contribution in [3.05, 3.63) is 59.7 Å². The van der Waals surface area contributed by atoms with Gasteiger partial charge < -0.3 is 19.3 Å². The van der Waals surface area contributed by atoms with Crippen LogP contribution in [0.4, 0.5) is 0 Å². The SMILES string of the molecule is COc1cc(OC)c([C@H](O)/C=C/c2ccccc2)c(OC)c1. The molecule has 2 aromatic carbocycles. The van der Waals surface area contributed by atoms with E-state index in [0.29, 0.717) is 22.8 Å². The fourth-order valence-electron chi connectivity index (χ4n) is 2.19. The molecule has 0 aliphatic heterocycles. The molecule has 1 N–H and O–H groups in total. The number of methoxy groups -OCH3 is 3. The van der Waals surface area contributed by atoms with Crippen molar-refractivity contribution in [2.75, 3.05) is 21.3 Å². The van der Waals surface area contributed by atoms with Gasteiger partial charge in [-0.3, -0.25) is 0 Å². The molecular weight excluding hydrogens is 280 g/mol. The van der Waals surface area contributed by atoms with Crippen LogP contribution in [0.2, 0.25) is 0 Å². The van der Waals surface area contributed by atoms with Gasteiger partial charge in [0.15, 0.2) is 0 Å². The lowest BCUT2D eigenvalue weighted by Crippen LogP contribution is -2.02. The van der Waals surface area contributed by atoms with Crippen LogP contribution in [0.5, 0.6) is 17.2 Å². The van der Waals surface area contributed by atoms with Crippen LogP contribution >= 0.6 is 0 Å². The Hall–Kier alpha value is -2.46. The molecule has 1 atom stereocenters. The lowest BCUT2D eigenvalue weighted by molar-refractivity contribution is 0.217. The molecule has 2 rings (SSSR count). The Kier molecular flexibility index (Phi) is 5.44. The van der Waals surface area contributed by atoms with E-state index >= 15 is 0 Å². The quantitative estimate of drug-likeness (QED) is 0.887. The monoisotopic (exact) mass is 300 g/mol. The second kappa shape index (κ2) is 7.52. The number of benzene rings is 2. The lowest BCUT2D eigenvalue weighted by Gasteiger charge is -2.17. The summed E-state index contributed by atoms with van der Waals surface area (Å²) >= 11 is 0. The average Bonchev–Trinajstić information content (AvgIpc) is 2.59. The van der Waals surface area contributed by atoms with Crippen molar-refractivity contribution in [3.63, 3.8) is 0 Å². The molecule has 0 amide bonds. The molecule has 0 spiro atoms. The zero-order valence-electron chi connectivity index (χ0n) is 12.9. The minimum absolute atomic E-state index is 0.515. The van der Waals surface area contributed by atoms with E-state index in [0.717, 1.165) is 5.56 Å². The summed E-state index contributed by atoms with van der Waals surface area (Å²) in [5.74, 6) is 1.64. The molecule has 4 heteroatoms. The molecule has 0 aliphatic rings. The summed E-state index contributed by atoms with van der Waals surface area (Å²) in [7, 11) is 4.66. The molecule has 22 heavy (non-hydrogen) atoms. The van der Waals surface area contributed by atoms with E-state index in [2.05, 4.69) is 0 Å². The van der Waals surface area contributed by atoms with Gasteiger partial charge >= 0.3 is 0 Å². The zero-order chi connectivity index (χ0) is 15.9. The second-order valence-corrected chi connectivity index (χ2v) is 4.66.